The fourth-order valence-electron chi connectivity index (χ4n) is 1.41. The van der Waals surface area contributed by atoms with E-state index in [2.05, 4.69) is 4.98 Å². The van der Waals surface area contributed by atoms with Crippen molar-refractivity contribution in [3.8, 4) is 0 Å². The highest BCUT2D eigenvalue weighted by Crippen LogP contribution is 2.12. The fraction of sp³-hybridized carbons (Fsp3) is 0.0833. The SMILES string of the molecule is O=C(C[n+]1ccnc(Cl)c1Cl)c1ccccc1. The van der Waals surface area contributed by atoms with E-state index in [0.29, 0.717) is 5.56 Å². The van der Waals surface area contributed by atoms with Crippen LogP contribution in [0.4, 0.5) is 0 Å². The normalized spacial score (nSPS) is 10.2. The van der Waals surface area contributed by atoms with Gasteiger partial charge >= 0.3 is 5.15 Å². The maximum absolute atomic E-state index is 11.9. The first kappa shape index (κ1) is 12.0. The number of benzene rings is 1. The summed E-state index contributed by atoms with van der Waals surface area (Å²) in [5, 5.41) is 0.452. The molecule has 1 aromatic heterocycles. The molecule has 86 valence electrons. The third-order valence-corrected chi connectivity index (χ3v) is 3.04. The van der Waals surface area contributed by atoms with Crippen LogP contribution in [0.2, 0.25) is 10.3 Å². The van der Waals surface area contributed by atoms with Gasteiger partial charge in [-0.3, -0.25) is 4.79 Å². The molecule has 3 nitrogen and oxygen atoms in total. The molecule has 0 spiro atoms. The van der Waals surface area contributed by atoms with Crippen LogP contribution in [-0.4, -0.2) is 10.8 Å². The molecule has 0 atom stereocenters. The van der Waals surface area contributed by atoms with Crippen LogP contribution in [0.15, 0.2) is 42.7 Å². The molecule has 0 aliphatic carbocycles. The highest BCUT2D eigenvalue weighted by Gasteiger charge is 2.18. The summed E-state index contributed by atoms with van der Waals surface area (Å²) in [5.41, 5.74) is 0.643. The summed E-state index contributed by atoms with van der Waals surface area (Å²) in [5.74, 6) is -0.0280. The van der Waals surface area contributed by atoms with Crippen molar-refractivity contribution >= 4 is 29.0 Å². The Balaban J connectivity index is 2.22. The van der Waals surface area contributed by atoms with Gasteiger partial charge in [-0.1, -0.05) is 41.9 Å². The van der Waals surface area contributed by atoms with Gasteiger partial charge in [0.2, 0.25) is 17.5 Å². The van der Waals surface area contributed by atoms with Gasteiger partial charge in [-0.15, -0.1) is 0 Å². The second kappa shape index (κ2) is 5.25. The van der Waals surface area contributed by atoms with Crippen LogP contribution in [0, 0.1) is 0 Å². The van der Waals surface area contributed by atoms with Crippen LogP contribution in [-0.2, 0) is 6.54 Å². The highest BCUT2D eigenvalue weighted by molar-refractivity contribution is 6.39. The Morgan fingerprint density at radius 1 is 1.24 bits per heavy atom. The van der Waals surface area contributed by atoms with Crippen LogP contribution < -0.4 is 4.57 Å². The maximum Gasteiger partial charge on any atom is 0.313 e. The lowest BCUT2D eigenvalue weighted by atomic mass is 10.1. The number of Topliss-reactive ketones (excluding diaryl/α,β-unsaturated/α-hetero) is 1. The predicted molar refractivity (Wildman–Crippen MR) is 65.2 cm³/mol. The zero-order valence-corrected chi connectivity index (χ0v) is 10.3. The van der Waals surface area contributed by atoms with Gasteiger partial charge < -0.3 is 0 Å². The Labute approximate surface area is 109 Å². The first-order valence-corrected chi connectivity index (χ1v) is 5.72. The molecule has 5 heteroatoms. The molecule has 0 amide bonds. The van der Waals surface area contributed by atoms with Crippen molar-refractivity contribution in [3.05, 3.63) is 58.6 Å². The molecule has 0 radical (unpaired) electrons. The van der Waals surface area contributed by atoms with Crippen molar-refractivity contribution in [1.82, 2.24) is 4.98 Å². The molecule has 0 aliphatic heterocycles. The standard InChI is InChI=1S/C12H9Cl2N2O/c13-11-12(14)16(7-6-15-11)8-10(17)9-4-2-1-3-5-9/h1-7H,8H2/q+1. The number of nitrogens with zero attached hydrogens (tertiary/aromatic N) is 2. The van der Waals surface area contributed by atoms with Crippen molar-refractivity contribution in [2.75, 3.05) is 0 Å². The van der Waals surface area contributed by atoms with Crippen molar-refractivity contribution < 1.29 is 9.36 Å². The number of halogens is 2. The van der Waals surface area contributed by atoms with Crippen LogP contribution in [0.1, 0.15) is 10.4 Å². The van der Waals surface area contributed by atoms with E-state index in [0.717, 1.165) is 0 Å². The zero-order chi connectivity index (χ0) is 12.3. The minimum atomic E-state index is -0.0280. The van der Waals surface area contributed by atoms with Gasteiger partial charge in [-0.05, 0) is 11.6 Å². The van der Waals surface area contributed by atoms with E-state index in [4.69, 9.17) is 23.2 Å². The summed E-state index contributed by atoms with van der Waals surface area (Å²) in [6.07, 6.45) is 3.13. The molecule has 0 saturated heterocycles. The predicted octanol–water partition coefficient (Wildman–Crippen LogP) is 2.56. The first-order valence-electron chi connectivity index (χ1n) is 4.96. The second-order valence-electron chi connectivity index (χ2n) is 3.43. The van der Waals surface area contributed by atoms with E-state index in [-0.39, 0.29) is 22.6 Å². The molecule has 0 bridgehead atoms. The Bertz CT molecular complexity index is 543. The van der Waals surface area contributed by atoms with Crippen molar-refractivity contribution in [3.63, 3.8) is 0 Å². The van der Waals surface area contributed by atoms with Gasteiger partial charge in [0.25, 0.3) is 0 Å². The highest BCUT2D eigenvalue weighted by atomic mass is 35.5. The Morgan fingerprint density at radius 3 is 2.65 bits per heavy atom. The van der Waals surface area contributed by atoms with E-state index in [1.807, 2.05) is 18.2 Å². The first-order chi connectivity index (χ1) is 8.18. The molecule has 2 rings (SSSR count). The van der Waals surface area contributed by atoms with Crippen molar-refractivity contribution in [2.24, 2.45) is 0 Å². The number of aromatic nitrogens is 2. The lowest BCUT2D eigenvalue weighted by Gasteiger charge is -1.99. The van der Waals surface area contributed by atoms with Crippen molar-refractivity contribution in [1.29, 1.82) is 0 Å². The molecule has 0 fully saturated rings. The molecule has 17 heavy (non-hydrogen) atoms. The van der Waals surface area contributed by atoms with Gasteiger partial charge in [0.1, 0.15) is 0 Å². The number of hydrogen-bond donors (Lipinski definition) is 0. The molecule has 1 aromatic carbocycles. The molecule has 0 aliphatic rings. The van der Waals surface area contributed by atoms with Crippen molar-refractivity contribution in [2.45, 2.75) is 6.54 Å². The quantitative estimate of drug-likeness (QED) is 0.633. The molecule has 0 saturated carbocycles. The summed E-state index contributed by atoms with van der Waals surface area (Å²) >= 11 is 11.7. The third-order valence-electron chi connectivity index (χ3n) is 2.27. The molecule has 1 heterocycles. The second-order valence-corrected chi connectivity index (χ2v) is 4.14. The zero-order valence-electron chi connectivity index (χ0n) is 8.81. The van der Waals surface area contributed by atoms with Crippen LogP contribution in [0.25, 0.3) is 0 Å². The Kier molecular flexibility index (Phi) is 3.71. The van der Waals surface area contributed by atoms with Gasteiger partial charge in [-0.2, -0.15) is 4.57 Å². The average molecular weight is 268 g/mol. The minimum absolute atomic E-state index is 0.0280. The van der Waals surface area contributed by atoms with Gasteiger partial charge in [0.05, 0.1) is 6.20 Å². The van der Waals surface area contributed by atoms with Gasteiger partial charge in [0.15, 0.2) is 6.20 Å². The third kappa shape index (κ3) is 2.81. The lowest BCUT2D eigenvalue weighted by Crippen LogP contribution is -2.39. The minimum Gasteiger partial charge on any atom is -0.287 e. The number of carbonyl (C=O) groups excluding carboxylic acids is 1. The van der Waals surface area contributed by atoms with E-state index in [1.54, 1.807) is 22.9 Å². The van der Waals surface area contributed by atoms with Crippen LogP contribution in [0.3, 0.4) is 0 Å². The summed E-state index contributed by atoms with van der Waals surface area (Å²) in [7, 11) is 0. The molecule has 2 aromatic rings. The monoisotopic (exact) mass is 267 g/mol. The van der Waals surface area contributed by atoms with Crippen LogP contribution >= 0.6 is 23.2 Å². The number of hydrogen-bond acceptors (Lipinski definition) is 2. The Morgan fingerprint density at radius 2 is 1.94 bits per heavy atom. The van der Waals surface area contributed by atoms with Gasteiger partial charge in [0, 0.05) is 5.56 Å². The summed E-state index contributed by atoms with van der Waals surface area (Å²) in [6, 6.07) is 9.03. The lowest BCUT2D eigenvalue weighted by molar-refractivity contribution is -0.681. The summed E-state index contributed by atoms with van der Waals surface area (Å²) < 4.78 is 1.56. The number of ketones is 1. The molecule has 0 unspecified atom stereocenters. The van der Waals surface area contributed by atoms with E-state index >= 15 is 0 Å². The van der Waals surface area contributed by atoms with E-state index in [1.165, 1.54) is 6.20 Å². The summed E-state index contributed by atoms with van der Waals surface area (Å²) in [6.45, 7) is 0.144. The number of carbonyl (C=O) groups is 1. The molecular weight excluding hydrogens is 259 g/mol. The largest absolute Gasteiger partial charge is 0.313 e. The van der Waals surface area contributed by atoms with Gasteiger partial charge in [-0.25, -0.2) is 4.98 Å². The smallest absolute Gasteiger partial charge is 0.287 e. The Hall–Kier alpha value is -1.45. The summed E-state index contributed by atoms with van der Waals surface area (Å²) in [4.78, 5) is 15.8. The topological polar surface area (TPSA) is 33.8 Å². The van der Waals surface area contributed by atoms with E-state index in [9.17, 15) is 4.79 Å². The number of rotatable bonds is 3. The van der Waals surface area contributed by atoms with E-state index < -0.39 is 0 Å². The maximum atomic E-state index is 11.9. The average Bonchev–Trinajstić information content (AvgIpc) is 2.36. The fourth-order valence-corrected chi connectivity index (χ4v) is 1.74. The van der Waals surface area contributed by atoms with Crippen LogP contribution in [0.5, 0.6) is 0 Å². The molecular formula is C12H9Cl2N2O+. The molecule has 0 N–H and O–H groups in total.